The van der Waals surface area contributed by atoms with Crippen molar-refractivity contribution in [2.75, 3.05) is 23.3 Å². The topological polar surface area (TPSA) is 61.0 Å². The first-order chi connectivity index (χ1) is 18.0. The standard InChI is InChI=1S/C24H23BrN4O.C7H10/c1-3-29(4-2)22-15-20-19(26-23(27-20)16-8-6-5-7-9-16)14-21(22)28-24(30)17-10-12-18(25)13-11-17;1-3-5-7-6-4-2/h5-15H,3-4H2,1-2H3,(H,26,27)(H,28,30);3-7H,1H2,2H3/b;6-4-,7-5-. The van der Waals surface area contributed by atoms with Gasteiger partial charge >= 0.3 is 0 Å². The van der Waals surface area contributed by atoms with E-state index < -0.39 is 0 Å². The minimum Gasteiger partial charge on any atom is -0.370 e. The number of nitrogens with zero attached hydrogens (tertiary/aromatic N) is 2. The Labute approximate surface area is 227 Å². The Morgan fingerprint density at radius 1 is 1.03 bits per heavy atom. The number of nitrogens with one attached hydrogen (secondary N) is 2. The van der Waals surface area contributed by atoms with Crippen molar-refractivity contribution in [2.24, 2.45) is 0 Å². The molecule has 3 aromatic carbocycles. The molecule has 1 amide bonds. The molecule has 0 unspecified atom stereocenters. The first-order valence-electron chi connectivity index (χ1n) is 12.3. The number of hydrogen-bond acceptors (Lipinski definition) is 3. The summed E-state index contributed by atoms with van der Waals surface area (Å²) in [7, 11) is 0. The van der Waals surface area contributed by atoms with Crippen molar-refractivity contribution < 1.29 is 4.79 Å². The molecule has 1 heterocycles. The van der Waals surface area contributed by atoms with Crippen molar-refractivity contribution >= 4 is 44.2 Å². The van der Waals surface area contributed by atoms with Gasteiger partial charge in [0.2, 0.25) is 0 Å². The number of allylic oxidation sites excluding steroid dienone is 5. The Kier molecular flexibility index (Phi) is 10.5. The molecular weight excluding hydrogens is 524 g/mol. The SMILES string of the molecule is C=C/C=C\C=C/C.CCN(CC)c1cc2nc(-c3ccccc3)[nH]c2cc1NC(=O)c1ccc(Br)cc1. The molecule has 37 heavy (non-hydrogen) atoms. The lowest BCUT2D eigenvalue weighted by atomic mass is 10.1. The highest BCUT2D eigenvalue weighted by Crippen LogP contribution is 2.32. The summed E-state index contributed by atoms with van der Waals surface area (Å²) in [6.07, 6.45) is 9.51. The number of carbonyl (C=O) groups is 1. The molecule has 5 nitrogen and oxygen atoms in total. The van der Waals surface area contributed by atoms with Crippen molar-refractivity contribution in [3.05, 3.63) is 114 Å². The fraction of sp³-hybridized carbons (Fsp3) is 0.161. The summed E-state index contributed by atoms with van der Waals surface area (Å²) in [4.78, 5) is 23.3. The quantitative estimate of drug-likeness (QED) is 0.214. The maximum absolute atomic E-state index is 12.9. The number of anilines is 2. The molecule has 0 saturated heterocycles. The third-order valence-corrected chi connectivity index (χ3v) is 6.18. The Bertz CT molecular complexity index is 1370. The van der Waals surface area contributed by atoms with Crippen LogP contribution in [0.5, 0.6) is 0 Å². The molecule has 4 rings (SSSR count). The maximum atomic E-state index is 12.9. The van der Waals surface area contributed by atoms with Gasteiger partial charge in [-0.2, -0.15) is 0 Å². The summed E-state index contributed by atoms with van der Waals surface area (Å²) in [6, 6.07) is 21.4. The van der Waals surface area contributed by atoms with Gasteiger partial charge in [0.15, 0.2) is 0 Å². The van der Waals surface area contributed by atoms with Crippen molar-refractivity contribution in [3.63, 3.8) is 0 Å². The molecule has 0 aliphatic rings. The molecule has 0 fully saturated rings. The zero-order valence-electron chi connectivity index (χ0n) is 21.5. The van der Waals surface area contributed by atoms with E-state index in [2.05, 4.69) is 51.6 Å². The van der Waals surface area contributed by atoms with Crippen LogP contribution in [-0.2, 0) is 0 Å². The first kappa shape index (κ1) is 27.7. The predicted octanol–water partition coefficient (Wildman–Crippen LogP) is 8.40. The van der Waals surface area contributed by atoms with Gasteiger partial charge in [-0.15, -0.1) is 0 Å². The molecule has 0 spiro atoms. The van der Waals surface area contributed by atoms with E-state index in [1.54, 1.807) is 18.2 Å². The summed E-state index contributed by atoms with van der Waals surface area (Å²) in [5, 5.41) is 3.09. The van der Waals surface area contributed by atoms with E-state index in [1.807, 2.05) is 85.8 Å². The second-order valence-corrected chi connectivity index (χ2v) is 9.03. The molecule has 0 radical (unpaired) electrons. The van der Waals surface area contributed by atoms with E-state index in [1.165, 1.54) is 0 Å². The van der Waals surface area contributed by atoms with Crippen LogP contribution in [-0.4, -0.2) is 29.0 Å². The van der Waals surface area contributed by atoms with Crippen LogP contribution in [0.15, 0.2) is 108 Å². The lowest BCUT2D eigenvalue weighted by Gasteiger charge is -2.24. The van der Waals surface area contributed by atoms with Gasteiger partial charge in [-0.05, 0) is 57.2 Å². The number of imidazole rings is 1. The van der Waals surface area contributed by atoms with Crippen LogP contribution >= 0.6 is 15.9 Å². The van der Waals surface area contributed by atoms with Crippen LogP contribution in [0.3, 0.4) is 0 Å². The van der Waals surface area contributed by atoms with Crippen LogP contribution < -0.4 is 10.2 Å². The highest BCUT2D eigenvalue weighted by molar-refractivity contribution is 9.10. The number of hydrogen-bond donors (Lipinski definition) is 2. The lowest BCUT2D eigenvalue weighted by Crippen LogP contribution is -2.24. The van der Waals surface area contributed by atoms with Gasteiger partial charge in [-0.1, -0.05) is 83.2 Å². The van der Waals surface area contributed by atoms with Crippen LogP contribution in [0.2, 0.25) is 0 Å². The van der Waals surface area contributed by atoms with Gasteiger partial charge in [-0.3, -0.25) is 4.79 Å². The number of carbonyl (C=O) groups excluding carboxylic acids is 1. The molecular formula is C31H33BrN4O. The van der Waals surface area contributed by atoms with Gasteiger partial charge in [0.25, 0.3) is 5.91 Å². The fourth-order valence-electron chi connectivity index (χ4n) is 3.75. The van der Waals surface area contributed by atoms with Crippen LogP contribution in [0.4, 0.5) is 11.4 Å². The number of aromatic amines is 1. The number of rotatable bonds is 8. The molecule has 6 heteroatoms. The van der Waals surface area contributed by atoms with E-state index in [9.17, 15) is 4.79 Å². The summed E-state index contributed by atoms with van der Waals surface area (Å²) in [5.74, 6) is 0.672. The van der Waals surface area contributed by atoms with E-state index in [0.717, 1.165) is 51.4 Å². The van der Waals surface area contributed by atoms with Crippen molar-refractivity contribution in [1.82, 2.24) is 9.97 Å². The monoisotopic (exact) mass is 556 g/mol. The van der Waals surface area contributed by atoms with Gasteiger partial charge < -0.3 is 15.2 Å². The highest BCUT2D eigenvalue weighted by atomic mass is 79.9. The van der Waals surface area contributed by atoms with E-state index >= 15 is 0 Å². The van der Waals surface area contributed by atoms with Gasteiger partial charge in [0, 0.05) is 28.7 Å². The molecule has 2 N–H and O–H groups in total. The normalized spacial score (nSPS) is 10.9. The fourth-order valence-corrected chi connectivity index (χ4v) is 4.02. The van der Waals surface area contributed by atoms with Crippen molar-refractivity contribution in [2.45, 2.75) is 20.8 Å². The van der Waals surface area contributed by atoms with E-state index in [0.29, 0.717) is 5.56 Å². The summed E-state index contributed by atoms with van der Waals surface area (Å²) >= 11 is 3.41. The Morgan fingerprint density at radius 2 is 1.73 bits per heavy atom. The maximum Gasteiger partial charge on any atom is 0.255 e. The number of fused-ring (bicyclic) bond motifs is 1. The minimum atomic E-state index is -0.141. The lowest BCUT2D eigenvalue weighted by molar-refractivity contribution is 0.102. The third-order valence-electron chi connectivity index (χ3n) is 5.66. The molecule has 190 valence electrons. The van der Waals surface area contributed by atoms with E-state index in [4.69, 9.17) is 4.98 Å². The second-order valence-electron chi connectivity index (χ2n) is 8.12. The molecule has 4 aromatic rings. The second kappa shape index (κ2) is 14.0. The van der Waals surface area contributed by atoms with Crippen LogP contribution in [0.25, 0.3) is 22.4 Å². The summed E-state index contributed by atoms with van der Waals surface area (Å²) in [5.41, 5.74) is 5.12. The Balaban J connectivity index is 0.000000479. The largest absolute Gasteiger partial charge is 0.370 e. The molecule has 0 saturated carbocycles. The molecule has 0 aliphatic heterocycles. The van der Waals surface area contributed by atoms with Crippen LogP contribution in [0, 0.1) is 0 Å². The molecule has 1 aromatic heterocycles. The van der Waals surface area contributed by atoms with Gasteiger partial charge in [-0.25, -0.2) is 4.98 Å². The number of aromatic nitrogens is 2. The minimum absolute atomic E-state index is 0.141. The van der Waals surface area contributed by atoms with Gasteiger partial charge in [0.1, 0.15) is 5.82 Å². The number of benzene rings is 3. The van der Waals surface area contributed by atoms with Crippen molar-refractivity contribution in [1.29, 1.82) is 0 Å². The van der Waals surface area contributed by atoms with Gasteiger partial charge in [0.05, 0.1) is 22.4 Å². The number of amides is 1. The number of H-pyrrole nitrogens is 1. The summed E-state index contributed by atoms with van der Waals surface area (Å²) < 4.78 is 0.940. The Hall–Kier alpha value is -3.90. The molecule has 0 atom stereocenters. The molecule has 0 bridgehead atoms. The average Bonchev–Trinajstić information content (AvgIpc) is 3.34. The smallest absolute Gasteiger partial charge is 0.255 e. The highest BCUT2D eigenvalue weighted by Gasteiger charge is 2.16. The zero-order valence-corrected chi connectivity index (χ0v) is 23.1. The zero-order chi connectivity index (χ0) is 26.6. The van der Waals surface area contributed by atoms with Crippen LogP contribution in [0.1, 0.15) is 31.1 Å². The predicted molar refractivity (Wildman–Crippen MR) is 161 cm³/mol. The average molecular weight is 558 g/mol. The third kappa shape index (κ3) is 7.54. The first-order valence-corrected chi connectivity index (χ1v) is 13.1. The van der Waals surface area contributed by atoms with E-state index in [-0.39, 0.29) is 5.91 Å². The molecule has 0 aliphatic carbocycles. The Morgan fingerprint density at radius 3 is 2.35 bits per heavy atom. The van der Waals surface area contributed by atoms with Crippen molar-refractivity contribution in [3.8, 4) is 11.4 Å². The number of halogens is 1. The summed E-state index contributed by atoms with van der Waals surface area (Å²) in [6.45, 7) is 11.4.